The van der Waals surface area contributed by atoms with Crippen LogP contribution in [0.3, 0.4) is 0 Å². The number of aromatic amines is 1. The van der Waals surface area contributed by atoms with Gasteiger partial charge in [0, 0.05) is 18.6 Å². The van der Waals surface area contributed by atoms with Gasteiger partial charge < -0.3 is 10.3 Å². The maximum Gasteiger partial charge on any atom is 0.433 e. The van der Waals surface area contributed by atoms with Crippen LogP contribution in [0.4, 0.5) is 37.8 Å². The molecular weight excluding hydrogens is 414 g/mol. The predicted molar refractivity (Wildman–Crippen MR) is 94.6 cm³/mol. The maximum atomic E-state index is 13.3. The molecule has 30 heavy (non-hydrogen) atoms. The largest absolute Gasteiger partial charge is 0.433 e. The van der Waals surface area contributed by atoms with Crippen molar-refractivity contribution in [1.82, 2.24) is 24.9 Å². The molecule has 12 heteroatoms. The molecule has 0 radical (unpaired) electrons. The third kappa shape index (κ3) is 3.75. The summed E-state index contributed by atoms with van der Waals surface area (Å²) in [4.78, 5) is 18.0. The summed E-state index contributed by atoms with van der Waals surface area (Å²) in [5.74, 6) is -0.228. The molecule has 0 aliphatic rings. The van der Waals surface area contributed by atoms with Crippen LogP contribution in [0.5, 0.6) is 0 Å². The number of rotatable bonds is 3. The minimum atomic E-state index is -4.67. The maximum absolute atomic E-state index is 13.3. The Labute approximate surface area is 164 Å². The van der Waals surface area contributed by atoms with Crippen molar-refractivity contribution in [2.75, 3.05) is 5.32 Å². The zero-order chi connectivity index (χ0) is 21.5. The molecule has 0 unspecified atom stereocenters. The Kier molecular flexibility index (Phi) is 4.56. The van der Waals surface area contributed by atoms with Crippen molar-refractivity contribution in [2.24, 2.45) is 0 Å². The molecule has 2 N–H and O–H groups in total. The Hall–Kier alpha value is -3.70. The topological polar surface area (TPSA) is 79.4 Å². The van der Waals surface area contributed by atoms with Crippen molar-refractivity contribution in [1.29, 1.82) is 0 Å². The molecule has 0 spiro atoms. The number of hydrogen-bond acceptors (Lipinski definition) is 5. The Morgan fingerprint density at radius 1 is 0.867 bits per heavy atom. The van der Waals surface area contributed by atoms with Gasteiger partial charge >= 0.3 is 12.4 Å². The number of alkyl halides is 6. The lowest BCUT2D eigenvalue weighted by molar-refractivity contribution is -0.141. The molecule has 0 aliphatic heterocycles. The molecule has 0 aliphatic carbocycles. The molecule has 0 saturated heterocycles. The number of aromatic nitrogens is 5. The number of anilines is 2. The molecule has 4 heterocycles. The molecule has 4 aromatic rings. The number of fused-ring (bicyclic) bond motifs is 1. The second-order valence-electron chi connectivity index (χ2n) is 6.09. The molecule has 0 bridgehead atoms. The standard InChI is InChI=1S/C18H10F6N6/c19-17(20,21)10-8-25-6-5-11(10)28-15-9-4-7-26-14(9)29-16(30-15)12-2-1-3-13(27-12)18(22,23)24/h1-8H,(H2,25,26,28,29,30). The van der Waals surface area contributed by atoms with Crippen LogP contribution in [-0.2, 0) is 12.4 Å². The van der Waals surface area contributed by atoms with E-state index in [2.05, 4.69) is 30.2 Å². The number of halogens is 6. The molecule has 4 aromatic heterocycles. The van der Waals surface area contributed by atoms with Crippen LogP contribution in [0.1, 0.15) is 11.3 Å². The van der Waals surface area contributed by atoms with Gasteiger partial charge in [0.25, 0.3) is 0 Å². The van der Waals surface area contributed by atoms with E-state index >= 15 is 0 Å². The molecule has 0 fully saturated rings. The van der Waals surface area contributed by atoms with E-state index in [1.54, 1.807) is 0 Å². The lowest BCUT2D eigenvalue weighted by Gasteiger charge is -2.14. The van der Waals surface area contributed by atoms with Crippen molar-refractivity contribution < 1.29 is 26.3 Å². The van der Waals surface area contributed by atoms with Crippen molar-refractivity contribution in [2.45, 2.75) is 12.4 Å². The smallest absolute Gasteiger partial charge is 0.346 e. The van der Waals surface area contributed by atoms with E-state index < -0.39 is 23.6 Å². The normalized spacial score (nSPS) is 12.3. The van der Waals surface area contributed by atoms with Gasteiger partial charge in [-0.3, -0.25) is 4.98 Å². The van der Waals surface area contributed by atoms with Gasteiger partial charge in [-0.25, -0.2) is 15.0 Å². The molecule has 154 valence electrons. The van der Waals surface area contributed by atoms with E-state index in [9.17, 15) is 26.3 Å². The average molecular weight is 424 g/mol. The first-order valence-corrected chi connectivity index (χ1v) is 8.31. The first-order valence-electron chi connectivity index (χ1n) is 8.31. The third-order valence-corrected chi connectivity index (χ3v) is 4.06. The molecule has 6 nitrogen and oxygen atoms in total. The molecule has 0 amide bonds. The zero-order valence-electron chi connectivity index (χ0n) is 14.7. The van der Waals surface area contributed by atoms with Crippen LogP contribution in [0.15, 0.2) is 48.9 Å². The van der Waals surface area contributed by atoms with E-state index in [-0.39, 0.29) is 28.7 Å². The van der Waals surface area contributed by atoms with E-state index in [0.717, 1.165) is 18.2 Å². The quantitative estimate of drug-likeness (QED) is 0.442. The van der Waals surface area contributed by atoms with Gasteiger partial charge in [0.15, 0.2) is 5.82 Å². The van der Waals surface area contributed by atoms with Crippen LogP contribution >= 0.6 is 0 Å². The number of pyridine rings is 2. The molecule has 0 aromatic carbocycles. The van der Waals surface area contributed by atoms with Crippen LogP contribution in [0.25, 0.3) is 22.6 Å². The second kappa shape index (κ2) is 6.97. The summed E-state index contributed by atoms with van der Waals surface area (Å²) in [6.07, 6.45) is -6.04. The van der Waals surface area contributed by atoms with Gasteiger partial charge in [-0.1, -0.05) is 6.07 Å². The highest BCUT2D eigenvalue weighted by Crippen LogP contribution is 2.36. The van der Waals surface area contributed by atoms with Crippen LogP contribution < -0.4 is 5.32 Å². The second-order valence-corrected chi connectivity index (χ2v) is 6.09. The van der Waals surface area contributed by atoms with Crippen molar-refractivity contribution in [3.8, 4) is 11.5 Å². The van der Waals surface area contributed by atoms with Crippen molar-refractivity contribution in [3.63, 3.8) is 0 Å². The van der Waals surface area contributed by atoms with Gasteiger partial charge in [-0.2, -0.15) is 26.3 Å². The molecule has 0 atom stereocenters. The lowest BCUT2D eigenvalue weighted by atomic mass is 10.2. The first kappa shape index (κ1) is 19.6. The SMILES string of the molecule is FC(F)(F)c1cccc(-c2nc(Nc3ccncc3C(F)(F)F)c3cc[nH]c3n2)n1. The summed E-state index contributed by atoms with van der Waals surface area (Å²) in [7, 11) is 0. The van der Waals surface area contributed by atoms with Crippen LogP contribution in [0.2, 0.25) is 0 Å². The Morgan fingerprint density at radius 3 is 2.40 bits per heavy atom. The first-order chi connectivity index (χ1) is 14.1. The van der Waals surface area contributed by atoms with Gasteiger partial charge in [0.2, 0.25) is 0 Å². The van der Waals surface area contributed by atoms with Crippen molar-refractivity contribution in [3.05, 3.63) is 60.2 Å². The fourth-order valence-electron chi connectivity index (χ4n) is 2.73. The van der Waals surface area contributed by atoms with Gasteiger partial charge in [0.05, 0.1) is 16.6 Å². The van der Waals surface area contributed by atoms with E-state index in [1.165, 1.54) is 24.5 Å². The van der Waals surface area contributed by atoms with Gasteiger partial charge in [-0.15, -0.1) is 0 Å². The number of H-pyrrole nitrogens is 1. The monoisotopic (exact) mass is 424 g/mol. The van der Waals surface area contributed by atoms with E-state index in [4.69, 9.17) is 0 Å². The van der Waals surface area contributed by atoms with E-state index in [0.29, 0.717) is 11.6 Å². The Bertz CT molecular complexity index is 1210. The summed E-state index contributed by atoms with van der Waals surface area (Å²) in [6, 6.07) is 5.85. The molecule has 0 saturated carbocycles. The summed E-state index contributed by atoms with van der Waals surface area (Å²) >= 11 is 0. The summed E-state index contributed by atoms with van der Waals surface area (Å²) in [6.45, 7) is 0. The molecule has 4 rings (SSSR count). The number of nitrogens with zero attached hydrogens (tertiary/aromatic N) is 4. The fourth-order valence-corrected chi connectivity index (χ4v) is 2.73. The summed E-state index contributed by atoms with van der Waals surface area (Å²) in [5.41, 5.74) is -2.45. The van der Waals surface area contributed by atoms with Crippen LogP contribution in [0, 0.1) is 0 Å². The summed E-state index contributed by atoms with van der Waals surface area (Å²) < 4.78 is 78.7. The minimum absolute atomic E-state index is 0.0350. The third-order valence-electron chi connectivity index (χ3n) is 4.06. The fraction of sp³-hybridized carbons (Fsp3) is 0.111. The van der Waals surface area contributed by atoms with Gasteiger partial charge in [0.1, 0.15) is 22.9 Å². The van der Waals surface area contributed by atoms with Gasteiger partial charge in [-0.05, 0) is 24.3 Å². The minimum Gasteiger partial charge on any atom is -0.346 e. The Balaban J connectivity index is 1.83. The highest BCUT2D eigenvalue weighted by atomic mass is 19.4. The molecular formula is C18H10F6N6. The average Bonchev–Trinajstić information content (AvgIpc) is 3.16. The predicted octanol–water partition coefficient (Wildman–Crippen LogP) is 5.20. The van der Waals surface area contributed by atoms with Crippen molar-refractivity contribution >= 4 is 22.5 Å². The van der Waals surface area contributed by atoms with E-state index in [1.807, 2.05) is 0 Å². The highest BCUT2D eigenvalue weighted by Gasteiger charge is 2.34. The lowest BCUT2D eigenvalue weighted by Crippen LogP contribution is -2.10. The van der Waals surface area contributed by atoms with Crippen LogP contribution in [-0.4, -0.2) is 24.9 Å². The Morgan fingerprint density at radius 2 is 1.67 bits per heavy atom. The number of hydrogen-bond donors (Lipinski definition) is 2. The highest BCUT2D eigenvalue weighted by molar-refractivity contribution is 5.90. The zero-order valence-corrected chi connectivity index (χ0v) is 14.7. The number of nitrogens with one attached hydrogen (secondary N) is 2. The summed E-state index contributed by atoms with van der Waals surface area (Å²) in [5, 5.41) is 2.93.